The summed E-state index contributed by atoms with van der Waals surface area (Å²) in [5.74, 6) is 1.46. The average Bonchev–Trinajstić information content (AvgIpc) is 2.85. The summed E-state index contributed by atoms with van der Waals surface area (Å²) in [4.78, 5) is 14.2. The smallest absolute Gasteiger partial charge is 0.320 e. The molecule has 0 unspecified atom stereocenters. The highest BCUT2D eigenvalue weighted by Gasteiger charge is 2.16. The van der Waals surface area contributed by atoms with Gasteiger partial charge in [-0.3, -0.25) is 10.00 Å². The van der Waals surface area contributed by atoms with E-state index in [4.69, 9.17) is 4.74 Å². The molecule has 2 amide bonds. The number of nitrogens with zero attached hydrogens (tertiary/aromatic N) is 3. The second-order valence-electron chi connectivity index (χ2n) is 5.89. The molecule has 24 heavy (non-hydrogen) atoms. The number of benzene rings is 1. The van der Waals surface area contributed by atoms with E-state index in [1.165, 1.54) is 0 Å². The number of likely N-dealkylation sites (N-methyl/N-ethyl adjacent to an activating group) is 1. The van der Waals surface area contributed by atoms with Gasteiger partial charge in [-0.05, 0) is 38.7 Å². The van der Waals surface area contributed by atoms with E-state index >= 15 is 0 Å². The van der Waals surface area contributed by atoms with Crippen molar-refractivity contribution in [1.29, 1.82) is 0 Å². The fraction of sp³-hybridized carbons (Fsp3) is 0.412. The molecule has 0 fully saturated rings. The first kappa shape index (κ1) is 17.8. The molecule has 0 saturated carbocycles. The molecular weight excluding hydrogens is 306 g/mol. The van der Waals surface area contributed by atoms with Gasteiger partial charge < -0.3 is 15.0 Å². The summed E-state index contributed by atoms with van der Waals surface area (Å²) >= 11 is 0. The van der Waals surface area contributed by atoms with E-state index in [1.54, 1.807) is 18.8 Å². The molecule has 0 aliphatic rings. The Bertz CT molecular complexity index is 696. The highest BCUT2D eigenvalue weighted by atomic mass is 16.5. The number of aryl methyl sites for hydroxylation is 2. The standard InChI is InChI=1S/C17H25N5O2/c1-12-9-16(22(4)20-12)19-17(23)18-11-15(21(2)3)13-7-6-8-14(10-13)24-5/h6-10,15H,11H2,1-5H3,(H2,18,19,23)/t15-/m1/s1. The Balaban J connectivity index is 2.00. The molecule has 7 nitrogen and oxygen atoms in total. The molecule has 0 radical (unpaired) electrons. The van der Waals surface area contributed by atoms with Gasteiger partial charge in [-0.15, -0.1) is 0 Å². The number of hydrogen-bond acceptors (Lipinski definition) is 4. The molecule has 1 heterocycles. The highest BCUT2D eigenvalue weighted by Crippen LogP contribution is 2.22. The number of anilines is 1. The monoisotopic (exact) mass is 331 g/mol. The average molecular weight is 331 g/mol. The molecule has 2 aromatic rings. The number of aromatic nitrogens is 2. The molecule has 7 heteroatoms. The van der Waals surface area contributed by atoms with Crippen molar-refractivity contribution in [2.45, 2.75) is 13.0 Å². The number of nitrogens with one attached hydrogen (secondary N) is 2. The summed E-state index contributed by atoms with van der Waals surface area (Å²) in [5.41, 5.74) is 1.94. The number of carbonyl (C=O) groups is 1. The van der Waals surface area contributed by atoms with Crippen LogP contribution in [-0.4, -0.2) is 48.5 Å². The molecule has 0 spiro atoms. The molecular formula is C17H25N5O2. The predicted octanol–water partition coefficient (Wildman–Crippen LogP) is 2.16. The predicted molar refractivity (Wildman–Crippen MR) is 94.4 cm³/mol. The van der Waals surface area contributed by atoms with Gasteiger partial charge in [-0.1, -0.05) is 12.1 Å². The Labute approximate surface area is 142 Å². The second kappa shape index (κ2) is 7.83. The first-order valence-corrected chi connectivity index (χ1v) is 7.76. The van der Waals surface area contributed by atoms with E-state index in [0.717, 1.165) is 17.0 Å². The third-order valence-corrected chi connectivity index (χ3v) is 3.80. The fourth-order valence-corrected chi connectivity index (χ4v) is 2.52. The van der Waals surface area contributed by atoms with Gasteiger partial charge >= 0.3 is 6.03 Å². The summed E-state index contributed by atoms with van der Waals surface area (Å²) in [6.45, 7) is 2.36. The molecule has 0 bridgehead atoms. The summed E-state index contributed by atoms with van der Waals surface area (Å²) in [6, 6.07) is 9.47. The van der Waals surface area contributed by atoms with E-state index in [-0.39, 0.29) is 12.1 Å². The van der Waals surface area contributed by atoms with E-state index in [9.17, 15) is 4.79 Å². The lowest BCUT2D eigenvalue weighted by atomic mass is 10.1. The van der Waals surface area contributed by atoms with Crippen LogP contribution in [0, 0.1) is 6.92 Å². The number of ether oxygens (including phenoxy) is 1. The Morgan fingerprint density at radius 2 is 2.12 bits per heavy atom. The Kier molecular flexibility index (Phi) is 5.81. The molecule has 1 atom stereocenters. The van der Waals surface area contributed by atoms with Crippen molar-refractivity contribution in [1.82, 2.24) is 20.0 Å². The van der Waals surface area contributed by atoms with Crippen LogP contribution in [0.25, 0.3) is 0 Å². The Hall–Kier alpha value is -2.54. The third kappa shape index (κ3) is 4.48. The zero-order valence-corrected chi connectivity index (χ0v) is 14.8. The van der Waals surface area contributed by atoms with Gasteiger partial charge in [-0.25, -0.2) is 4.79 Å². The summed E-state index contributed by atoms with van der Waals surface area (Å²) < 4.78 is 6.92. The number of carbonyl (C=O) groups excluding carboxylic acids is 1. The van der Waals surface area contributed by atoms with Crippen LogP contribution in [0.2, 0.25) is 0 Å². The number of amides is 2. The normalized spacial score (nSPS) is 12.1. The van der Waals surface area contributed by atoms with Crippen molar-refractivity contribution < 1.29 is 9.53 Å². The van der Waals surface area contributed by atoms with E-state index in [1.807, 2.05) is 51.4 Å². The lowest BCUT2D eigenvalue weighted by Crippen LogP contribution is -2.37. The van der Waals surface area contributed by atoms with Gasteiger partial charge in [-0.2, -0.15) is 5.10 Å². The van der Waals surface area contributed by atoms with E-state index in [0.29, 0.717) is 12.4 Å². The zero-order valence-electron chi connectivity index (χ0n) is 14.8. The third-order valence-electron chi connectivity index (χ3n) is 3.80. The van der Waals surface area contributed by atoms with Crippen LogP contribution in [0.1, 0.15) is 17.3 Å². The van der Waals surface area contributed by atoms with E-state index < -0.39 is 0 Å². The molecule has 0 aliphatic heterocycles. The number of rotatable bonds is 6. The van der Waals surface area contributed by atoms with Crippen LogP contribution in [0.15, 0.2) is 30.3 Å². The first-order chi connectivity index (χ1) is 11.4. The molecule has 0 saturated heterocycles. The minimum atomic E-state index is -0.257. The zero-order chi connectivity index (χ0) is 17.7. The molecule has 2 rings (SSSR count). The van der Waals surface area contributed by atoms with Crippen LogP contribution in [0.3, 0.4) is 0 Å². The van der Waals surface area contributed by atoms with Crippen molar-refractivity contribution in [2.24, 2.45) is 7.05 Å². The van der Waals surface area contributed by atoms with Gasteiger partial charge in [0.2, 0.25) is 0 Å². The minimum Gasteiger partial charge on any atom is -0.497 e. The van der Waals surface area contributed by atoms with Crippen LogP contribution in [0.4, 0.5) is 10.6 Å². The maximum absolute atomic E-state index is 12.1. The van der Waals surface area contributed by atoms with Crippen molar-refractivity contribution in [3.63, 3.8) is 0 Å². The van der Waals surface area contributed by atoms with Crippen molar-refractivity contribution in [3.8, 4) is 5.75 Å². The molecule has 2 N–H and O–H groups in total. The van der Waals surface area contributed by atoms with E-state index in [2.05, 4.69) is 20.6 Å². The minimum absolute atomic E-state index is 0.0409. The number of urea groups is 1. The fourth-order valence-electron chi connectivity index (χ4n) is 2.52. The molecule has 0 aliphatic carbocycles. The van der Waals surface area contributed by atoms with Crippen LogP contribution in [0.5, 0.6) is 5.75 Å². The van der Waals surface area contributed by atoms with Gasteiger partial charge in [0, 0.05) is 19.7 Å². The Morgan fingerprint density at radius 3 is 2.71 bits per heavy atom. The summed E-state index contributed by atoms with van der Waals surface area (Å²) in [7, 11) is 7.40. The Morgan fingerprint density at radius 1 is 1.38 bits per heavy atom. The van der Waals surface area contributed by atoms with Gasteiger partial charge in [0.05, 0.1) is 18.8 Å². The van der Waals surface area contributed by atoms with Crippen LogP contribution >= 0.6 is 0 Å². The maximum Gasteiger partial charge on any atom is 0.320 e. The SMILES string of the molecule is COc1cccc([C@@H](CNC(=O)Nc2cc(C)nn2C)N(C)C)c1. The van der Waals surface area contributed by atoms with Crippen molar-refractivity contribution in [2.75, 3.05) is 33.1 Å². The number of methoxy groups -OCH3 is 1. The molecule has 130 valence electrons. The number of hydrogen-bond donors (Lipinski definition) is 2. The van der Waals surface area contributed by atoms with Gasteiger partial charge in [0.25, 0.3) is 0 Å². The highest BCUT2D eigenvalue weighted by molar-refractivity contribution is 5.88. The first-order valence-electron chi connectivity index (χ1n) is 7.76. The second-order valence-corrected chi connectivity index (χ2v) is 5.89. The van der Waals surface area contributed by atoms with Crippen molar-refractivity contribution in [3.05, 3.63) is 41.6 Å². The summed E-state index contributed by atoms with van der Waals surface area (Å²) in [6.07, 6.45) is 0. The lowest BCUT2D eigenvalue weighted by molar-refractivity contribution is 0.243. The van der Waals surface area contributed by atoms with Gasteiger partial charge in [0.1, 0.15) is 11.6 Å². The summed E-state index contributed by atoms with van der Waals surface area (Å²) in [5, 5.41) is 9.92. The van der Waals surface area contributed by atoms with Gasteiger partial charge in [0.15, 0.2) is 0 Å². The van der Waals surface area contributed by atoms with Crippen LogP contribution < -0.4 is 15.4 Å². The van der Waals surface area contributed by atoms with Crippen molar-refractivity contribution >= 4 is 11.8 Å². The quantitative estimate of drug-likeness (QED) is 0.851. The van der Waals surface area contributed by atoms with Crippen LogP contribution in [-0.2, 0) is 7.05 Å². The lowest BCUT2D eigenvalue weighted by Gasteiger charge is -2.25. The maximum atomic E-state index is 12.1. The molecule has 1 aromatic carbocycles. The molecule has 1 aromatic heterocycles. The topological polar surface area (TPSA) is 71.4 Å². The largest absolute Gasteiger partial charge is 0.497 e.